The molecule has 1 spiro atoms. The van der Waals surface area contributed by atoms with Crippen molar-refractivity contribution in [3.8, 4) is 0 Å². The molecule has 3 saturated carbocycles. The lowest BCUT2D eigenvalue weighted by atomic mass is 9.59. The SMILES string of the molecule is CC1(C)CCC[C@@]2(C)C(Cl)(Cl)[C@]23CC[C@@]2(C)O[C@H]2[C@H]13. The molecule has 0 aromatic carbocycles. The molecule has 0 unspecified atom stereocenters. The molecule has 5 atom stereocenters. The molecule has 19 heavy (non-hydrogen) atoms. The van der Waals surface area contributed by atoms with Gasteiger partial charge in [0, 0.05) is 16.7 Å². The van der Waals surface area contributed by atoms with Crippen LogP contribution in [0.1, 0.15) is 59.8 Å². The van der Waals surface area contributed by atoms with E-state index in [1.807, 2.05) is 0 Å². The average molecular weight is 303 g/mol. The summed E-state index contributed by atoms with van der Waals surface area (Å²) in [6, 6.07) is 0. The highest BCUT2D eigenvalue weighted by molar-refractivity contribution is 6.52. The van der Waals surface area contributed by atoms with Crippen molar-refractivity contribution in [3.05, 3.63) is 0 Å². The summed E-state index contributed by atoms with van der Waals surface area (Å²) in [5.41, 5.74) is 0.579. The van der Waals surface area contributed by atoms with Crippen LogP contribution in [0.5, 0.6) is 0 Å². The van der Waals surface area contributed by atoms with E-state index in [1.54, 1.807) is 0 Å². The fourth-order valence-electron chi connectivity index (χ4n) is 6.01. The monoisotopic (exact) mass is 302 g/mol. The zero-order valence-corrected chi connectivity index (χ0v) is 13.9. The van der Waals surface area contributed by atoms with Gasteiger partial charge < -0.3 is 4.74 Å². The Kier molecular flexibility index (Phi) is 2.19. The maximum Gasteiger partial charge on any atom is 0.130 e. The Balaban J connectivity index is 1.86. The summed E-state index contributed by atoms with van der Waals surface area (Å²) < 4.78 is 5.59. The van der Waals surface area contributed by atoms with Crippen LogP contribution in [-0.4, -0.2) is 16.0 Å². The molecular formula is C16H24Cl2O. The van der Waals surface area contributed by atoms with Crippen LogP contribution < -0.4 is 0 Å². The summed E-state index contributed by atoms with van der Waals surface area (Å²) in [6.45, 7) is 9.41. The Labute approximate surface area is 126 Å². The summed E-state index contributed by atoms with van der Waals surface area (Å²) in [6.07, 6.45) is 6.33. The van der Waals surface area contributed by atoms with E-state index in [0.29, 0.717) is 12.0 Å². The molecule has 1 saturated heterocycles. The Hall–Kier alpha value is 0.540. The van der Waals surface area contributed by atoms with Crippen molar-refractivity contribution < 1.29 is 4.74 Å². The van der Waals surface area contributed by atoms with E-state index in [0.717, 1.165) is 12.8 Å². The van der Waals surface area contributed by atoms with E-state index in [4.69, 9.17) is 27.9 Å². The Morgan fingerprint density at radius 1 is 0.947 bits per heavy atom. The minimum absolute atomic E-state index is 0.0871. The number of alkyl halides is 2. The van der Waals surface area contributed by atoms with Gasteiger partial charge in [-0.2, -0.15) is 0 Å². The number of hydrogen-bond donors (Lipinski definition) is 0. The predicted molar refractivity (Wildman–Crippen MR) is 78.6 cm³/mol. The summed E-state index contributed by atoms with van der Waals surface area (Å²) >= 11 is 13.7. The minimum atomic E-state index is -0.546. The lowest BCUT2D eigenvalue weighted by molar-refractivity contribution is 0.0569. The molecular weight excluding hydrogens is 279 g/mol. The Morgan fingerprint density at radius 2 is 1.63 bits per heavy atom. The van der Waals surface area contributed by atoms with Crippen molar-refractivity contribution in [1.82, 2.24) is 0 Å². The van der Waals surface area contributed by atoms with Gasteiger partial charge in [-0.05, 0) is 38.0 Å². The molecule has 1 aliphatic heterocycles. The lowest BCUT2D eigenvalue weighted by Gasteiger charge is -2.43. The number of ether oxygens (including phenoxy) is 1. The highest BCUT2D eigenvalue weighted by Crippen LogP contribution is 2.89. The Bertz CT molecular complexity index is 460. The van der Waals surface area contributed by atoms with Crippen molar-refractivity contribution in [1.29, 1.82) is 0 Å². The van der Waals surface area contributed by atoms with E-state index in [1.165, 1.54) is 19.3 Å². The highest BCUT2D eigenvalue weighted by Gasteiger charge is 2.90. The zero-order chi connectivity index (χ0) is 13.9. The standard InChI is InChI=1S/C16H24Cl2O/c1-12(2)6-5-7-14(4)15(16(14,17)18)9-8-13(3)11(19-13)10(12)15/h10-11H,5-9H2,1-4H3/t10-,11+,13-,14-,15+/m1/s1. The van der Waals surface area contributed by atoms with Gasteiger partial charge in [0.15, 0.2) is 0 Å². The van der Waals surface area contributed by atoms with Gasteiger partial charge in [0.05, 0.1) is 11.7 Å². The van der Waals surface area contributed by atoms with Crippen molar-refractivity contribution in [3.63, 3.8) is 0 Å². The molecule has 0 N–H and O–H groups in total. The lowest BCUT2D eigenvalue weighted by Crippen LogP contribution is -2.44. The van der Waals surface area contributed by atoms with Gasteiger partial charge in [-0.15, -0.1) is 23.2 Å². The van der Waals surface area contributed by atoms with Crippen molar-refractivity contribution in [2.24, 2.45) is 22.2 Å². The van der Waals surface area contributed by atoms with E-state index < -0.39 is 4.33 Å². The molecule has 0 aromatic heterocycles. The van der Waals surface area contributed by atoms with Gasteiger partial charge in [-0.1, -0.05) is 27.2 Å². The van der Waals surface area contributed by atoms with Gasteiger partial charge in [0.2, 0.25) is 0 Å². The van der Waals surface area contributed by atoms with Crippen LogP contribution in [0.2, 0.25) is 0 Å². The molecule has 0 aromatic rings. The van der Waals surface area contributed by atoms with E-state index >= 15 is 0 Å². The number of epoxide rings is 1. The number of hydrogen-bond acceptors (Lipinski definition) is 1. The fraction of sp³-hybridized carbons (Fsp3) is 1.00. The van der Waals surface area contributed by atoms with Crippen molar-refractivity contribution in [2.45, 2.75) is 75.8 Å². The highest BCUT2D eigenvalue weighted by atomic mass is 35.5. The molecule has 4 fully saturated rings. The van der Waals surface area contributed by atoms with Crippen LogP contribution in [0.15, 0.2) is 0 Å². The second kappa shape index (κ2) is 3.15. The molecule has 0 bridgehead atoms. The molecule has 4 rings (SSSR count). The van der Waals surface area contributed by atoms with Crippen LogP contribution >= 0.6 is 23.2 Å². The quantitative estimate of drug-likeness (QED) is 0.456. The predicted octanol–water partition coefficient (Wildman–Crippen LogP) is 4.94. The minimum Gasteiger partial charge on any atom is -0.366 e. The summed E-state index contributed by atoms with van der Waals surface area (Å²) in [4.78, 5) is 0. The van der Waals surface area contributed by atoms with Gasteiger partial charge in [-0.3, -0.25) is 0 Å². The second-order valence-electron chi connectivity index (χ2n) is 8.55. The van der Waals surface area contributed by atoms with Gasteiger partial charge in [-0.25, -0.2) is 0 Å². The second-order valence-corrected chi connectivity index (χ2v) is 9.88. The van der Waals surface area contributed by atoms with Crippen molar-refractivity contribution in [2.75, 3.05) is 0 Å². The Morgan fingerprint density at radius 3 is 2.32 bits per heavy atom. The molecule has 1 nitrogen and oxygen atoms in total. The largest absolute Gasteiger partial charge is 0.366 e. The van der Waals surface area contributed by atoms with E-state index in [2.05, 4.69) is 27.7 Å². The molecule has 1 heterocycles. The zero-order valence-electron chi connectivity index (χ0n) is 12.4. The third-order valence-electron chi connectivity index (χ3n) is 7.31. The smallest absolute Gasteiger partial charge is 0.130 e. The normalized spacial score (nSPS) is 60.3. The third kappa shape index (κ3) is 1.18. The van der Waals surface area contributed by atoms with Gasteiger partial charge >= 0.3 is 0 Å². The summed E-state index contributed by atoms with van der Waals surface area (Å²) in [5.74, 6) is 0.515. The maximum absolute atomic E-state index is 6.86. The molecule has 3 aliphatic carbocycles. The first-order valence-electron chi connectivity index (χ1n) is 7.68. The number of fused-ring (bicyclic) bond motifs is 2. The fourth-order valence-corrected chi connectivity index (χ4v) is 7.28. The number of halogens is 2. The maximum atomic E-state index is 6.86. The average Bonchev–Trinajstić information content (AvgIpc) is 3.06. The van der Waals surface area contributed by atoms with E-state index in [-0.39, 0.29) is 21.8 Å². The van der Waals surface area contributed by atoms with Crippen LogP contribution in [-0.2, 0) is 4.74 Å². The molecule has 108 valence electrons. The molecule has 0 amide bonds. The van der Waals surface area contributed by atoms with Crippen molar-refractivity contribution >= 4 is 23.2 Å². The number of rotatable bonds is 0. The molecule has 0 radical (unpaired) electrons. The summed E-state index contributed by atoms with van der Waals surface area (Å²) in [7, 11) is 0. The third-order valence-corrected chi connectivity index (χ3v) is 8.81. The topological polar surface area (TPSA) is 12.5 Å². The van der Waals surface area contributed by atoms with E-state index in [9.17, 15) is 0 Å². The molecule has 4 aliphatic rings. The first kappa shape index (κ1) is 13.2. The van der Waals surface area contributed by atoms with Crippen LogP contribution in [0, 0.1) is 22.2 Å². The first-order chi connectivity index (χ1) is 8.63. The van der Waals surface area contributed by atoms with Crippen LogP contribution in [0.25, 0.3) is 0 Å². The van der Waals surface area contributed by atoms with Crippen LogP contribution in [0.4, 0.5) is 0 Å². The van der Waals surface area contributed by atoms with Gasteiger partial charge in [0.25, 0.3) is 0 Å². The van der Waals surface area contributed by atoms with Gasteiger partial charge in [0.1, 0.15) is 4.33 Å². The van der Waals surface area contributed by atoms with Crippen LogP contribution in [0.3, 0.4) is 0 Å². The summed E-state index contributed by atoms with van der Waals surface area (Å²) in [5, 5.41) is 0. The molecule has 3 heteroatoms. The first-order valence-corrected chi connectivity index (χ1v) is 8.44.